The van der Waals surface area contributed by atoms with E-state index < -0.39 is 61.3 Å². The zero-order valence-corrected chi connectivity index (χ0v) is 26.9. The van der Waals surface area contributed by atoms with Gasteiger partial charge in [0, 0.05) is 22.8 Å². The normalized spacial score (nSPS) is 42.6. The van der Waals surface area contributed by atoms with Gasteiger partial charge in [-0.15, -0.1) is 0 Å². The van der Waals surface area contributed by atoms with E-state index in [0.29, 0.717) is 30.5 Å². The fourth-order valence-corrected chi connectivity index (χ4v) is 11.1. The number of nitrogens with zero attached hydrogens (tertiary/aromatic N) is 2. The average Bonchev–Trinajstić information content (AvgIpc) is 3.77. The average molecular weight is 685 g/mol. The van der Waals surface area contributed by atoms with Crippen LogP contribution in [0.4, 0.5) is 17.6 Å². The van der Waals surface area contributed by atoms with Crippen LogP contribution in [0.3, 0.4) is 0 Å². The van der Waals surface area contributed by atoms with E-state index in [1.165, 1.54) is 10.7 Å². The fraction of sp³-hybridized carbons (Fsp3) is 0.656. The van der Waals surface area contributed by atoms with Crippen LogP contribution in [-0.2, 0) is 35.5 Å². The van der Waals surface area contributed by atoms with Crippen molar-refractivity contribution in [3.63, 3.8) is 0 Å². The second-order valence-corrected chi connectivity index (χ2v) is 16.0. The molecular weight excluding hydrogens is 648 g/mol. The Balaban J connectivity index is 1.14. The quantitative estimate of drug-likeness (QED) is 0.270. The molecule has 1 unspecified atom stereocenters. The number of halogens is 4. The SMILES string of the molecule is C[C@@H]1C[C@H]2[C@@H]3CCC4=Cc5c(cnn5-c5cccc(OS(=O)(=O)C(F)(F)F)c5)C[C@]4(C)[C@@]3(F)[C@@H](O)C[C@]2(C)[C@]12OCOC21COCO1. The van der Waals surface area contributed by atoms with E-state index in [0.717, 1.165) is 17.7 Å². The third-order valence-electron chi connectivity index (χ3n) is 12.5. The van der Waals surface area contributed by atoms with Gasteiger partial charge in [0.15, 0.2) is 13.6 Å². The van der Waals surface area contributed by atoms with Gasteiger partial charge in [0.2, 0.25) is 5.79 Å². The number of alkyl halides is 4. The highest BCUT2D eigenvalue weighted by Crippen LogP contribution is 2.74. The summed E-state index contributed by atoms with van der Waals surface area (Å²) in [5.41, 5.74) is -7.82. The number of aromatic nitrogens is 2. The van der Waals surface area contributed by atoms with Crippen LogP contribution in [0.1, 0.15) is 57.7 Å². The summed E-state index contributed by atoms with van der Waals surface area (Å²) < 4.78 is 110. The smallest absolute Gasteiger partial charge is 0.390 e. The van der Waals surface area contributed by atoms with E-state index in [1.54, 1.807) is 12.3 Å². The van der Waals surface area contributed by atoms with Crippen LogP contribution in [0.2, 0.25) is 0 Å². The molecule has 1 aromatic heterocycles. The highest BCUT2D eigenvalue weighted by atomic mass is 32.2. The van der Waals surface area contributed by atoms with Gasteiger partial charge in [-0.3, -0.25) is 0 Å². The van der Waals surface area contributed by atoms with Crippen molar-refractivity contribution in [1.29, 1.82) is 0 Å². The molecule has 0 radical (unpaired) electrons. The summed E-state index contributed by atoms with van der Waals surface area (Å²) >= 11 is 0. The van der Waals surface area contributed by atoms with E-state index in [4.69, 9.17) is 18.9 Å². The lowest BCUT2D eigenvalue weighted by Crippen LogP contribution is -2.72. The molecule has 2 spiro atoms. The minimum absolute atomic E-state index is 0.0298. The number of aliphatic hydroxyl groups is 1. The Labute approximate surface area is 269 Å². The first-order chi connectivity index (χ1) is 22.0. The molecule has 6 aliphatic rings. The molecule has 4 aliphatic carbocycles. The monoisotopic (exact) mass is 684 g/mol. The van der Waals surface area contributed by atoms with Gasteiger partial charge in [-0.1, -0.05) is 32.4 Å². The first kappa shape index (κ1) is 31.7. The predicted molar refractivity (Wildman–Crippen MR) is 156 cm³/mol. The molecule has 10 nitrogen and oxygen atoms in total. The maximum atomic E-state index is 18.2. The highest BCUT2D eigenvalue weighted by Gasteiger charge is 2.81. The van der Waals surface area contributed by atoms with Crippen molar-refractivity contribution in [1.82, 2.24) is 9.78 Å². The summed E-state index contributed by atoms with van der Waals surface area (Å²) in [6, 6.07) is 5.18. The highest BCUT2D eigenvalue weighted by molar-refractivity contribution is 7.88. The van der Waals surface area contributed by atoms with Gasteiger partial charge in [-0.25, -0.2) is 9.07 Å². The topological polar surface area (TPSA) is 118 Å². The summed E-state index contributed by atoms with van der Waals surface area (Å²) in [5, 5.41) is 16.5. The number of fused-ring (bicyclic) bond motifs is 8. The molecule has 0 bridgehead atoms. The largest absolute Gasteiger partial charge is 0.534 e. The number of allylic oxidation sites excluding steroid dienone is 1. The first-order valence-corrected chi connectivity index (χ1v) is 17.2. The zero-order chi connectivity index (χ0) is 33.4. The fourth-order valence-electron chi connectivity index (χ4n) is 10.6. The van der Waals surface area contributed by atoms with E-state index in [-0.39, 0.29) is 50.6 Å². The summed E-state index contributed by atoms with van der Waals surface area (Å²) in [6.45, 7) is 6.34. The molecule has 1 N–H and O–H groups in total. The summed E-state index contributed by atoms with van der Waals surface area (Å²) in [7, 11) is -5.86. The number of hydrogen-bond acceptors (Lipinski definition) is 9. The first-order valence-electron chi connectivity index (χ1n) is 15.8. The van der Waals surface area contributed by atoms with Gasteiger partial charge in [0.05, 0.1) is 23.7 Å². The number of hydrogen-bond donors (Lipinski definition) is 1. The van der Waals surface area contributed by atoms with Crippen molar-refractivity contribution < 1.29 is 54.2 Å². The van der Waals surface area contributed by atoms with Gasteiger partial charge in [-0.05, 0) is 67.7 Å². The summed E-state index contributed by atoms with van der Waals surface area (Å²) in [6.07, 6.45) is 4.22. The molecule has 1 aromatic carbocycles. The Kier molecular flexibility index (Phi) is 6.60. The van der Waals surface area contributed by atoms with Crippen LogP contribution in [0, 0.1) is 28.6 Å². The Morgan fingerprint density at radius 1 is 1.13 bits per heavy atom. The Hall–Kier alpha value is -2.56. The third kappa shape index (κ3) is 3.84. The lowest BCUT2D eigenvalue weighted by atomic mass is 9.43. The molecule has 256 valence electrons. The number of ether oxygens (including phenoxy) is 4. The van der Waals surface area contributed by atoms with Crippen molar-refractivity contribution in [3.8, 4) is 11.4 Å². The minimum atomic E-state index is -5.86. The van der Waals surface area contributed by atoms with E-state index in [2.05, 4.69) is 23.1 Å². The van der Waals surface area contributed by atoms with Crippen molar-refractivity contribution in [3.05, 3.63) is 47.3 Å². The lowest BCUT2D eigenvalue weighted by molar-refractivity contribution is -0.279. The zero-order valence-electron chi connectivity index (χ0n) is 26.0. The Morgan fingerprint density at radius 2 is 1.89 bits per heavy atom. The molecule has 3 heterocycles. The van der Waals surface area contributed by atoms with Crippen molar-refractivity contribution >= 4 is 16.2 Å². The predicted octanol–water partition coefficient (Wildman–Crippen LogP) is 5.04. The molecule has 9 atom stereocenters. The molecule has 8 rings (SSSR count). The van der Waals surface area contributed by atoms with Crippen LogP contribution in [0.15, 0.2) is 36.0 Å². The van der Waals surface area contributed by atoms with Crippen LogP contribution in [0.25, 0.3) is 11.8 Å². The maximum Gasteiger partial charge on any atom is 0.534 e. The molecule has 2 aliphatic heterocycles. The number of benzene rings is 1. The Bertz CT molecular complexity index is 1770. The summed E-state index contributed by atoms with van der Waals surface area (Å²) in [5.74, 6) is -2.31. The molecule has 2 aromatic rings. The maximum absolute atomic E-state index is 18.2. The molecule has 3 saturated carbocycles. The second-order valence-electron chi connectivity index (χ2n) is 14.4. The Morgan fingerprint density at radius 3 is 2.62 bits per heavy atom. The second kappa shape index (κ2) is 9.78. The van der Waals surface area contributed by atoms with E-state index in [9.17, 15) is 26.7 Å². The van der Waals surface area contributed by atoms with Gasteiger partial charge >= 0.3 is 15.6 Å². The standard InChI is InChI=1S/C32H36F4N2O8S/c1-18-9-24-23-8-7-20-10-25-19(14-37-38(25)21-5-4-6-22(11-21)46-47(40,41)32(34,35)36)12-27(20,2)30(23,33)26(39)13-28(24,3)31(18)29(44-17-45-31)15-42-16-43-29/h4-6,10-11,14,18,23-24,26,39H,7-9,12-13,15-17H2,1-3H3/t18-,23+,24+,26+,27+,28+,29?,30+,31-/m1/s1. The molecule has 2 saturated heterocycles. The van der Waals surface area contributed by atoms with Gasteiger partial charge in [0.1, 0.15) is 23.6 Å². The molecule has 15 heteroatoms. The number of aliphatic hydroxyl groups excluding tert-OH is 1. The van der Waals surface area contributed by atoms with Gasteiger partial charge in [-0.2, -0.15) is 26.7 Å². The molecular formula is C32H36F4N2O8S. The number of rotatable bonds is 3. The van der Waals surface area contributed by atoms with Crippen LogP contribution >= 0.6 is 0 Å². The van der Waals surface area contributed by atoms with Crippen LogP contribution in [-0.4, -0.2) is 72.2 Å². The summed E-state index contributed by atoms with van der Waals surface area (Å²) in [4.78, 5) is 0. The van der Waals surface area contributed by atoms with E-state index in [1.807, 2.05) is 13.0 Å². The third-order valence-corrected chi connectivity index (χ3v) is 13.5. The van der Waals surface area contributed by atoms with E-state index >= 15 is 4.39 Å². The van der Waals surface area contributed by atoms with Gasteiger partial charge in [0.25, 0.3) is 0 Å². The lowest BCUT2D eigenvalue weighted by Gasteiger charge is -2.64. The van der Waals surface area contributed by atoms with Crippen LogP contribution in [0.5, 0.6) is 5.75 Å². The van der Waals surface area contributed by atoms with Crippen LogP contribution < -0.4 is 4.18 Å². The van der Waals surface area contributed by atoms with Crippen molar-refractivity contribution in [2.24, 2.45) is 28.6 Å². The van der Waals surface area contributed by atoms with Gasteiger partial charge < -0.3 is 28.2 Å². The molecule has 47 heavy (non-hydrogen) atoms. The minimum Gasteiger partial charge on any atom is -0.390 e. The van der Waals surface area contributed by atoms with Crippen molar-refractivity contribution in [2.75, 3.05) is 20.2 Å². The molecule has 0 amide bonds. The molecule has 5 fully saturated rings. The van der Waals surface area contributed by atoms with Crippen molar-refractivity contribution in [2.45, 2.75) is 81.5 Å².